The van der Waals surface area contributed by atoms with E-state index >= 15 is 0 Å². The van der Waals surface area contributed by atoms with E-state index in [1.807, 2.05) is 20.8 Å². The number of carbonyl (C=O) groups excluding carboxylic acids is 2. The molecule has 0 amide bonds. The average molecular weight is 394 g/mol. The van der Waals surface area contributed by atoms with E-state index in [0.717, 1.165) is 6.42 Å². The van der Waals surface area contributed by atoms with Gasteiger partial charge in [-0.2, -0.15) is 0 Å². The molecule has 2 heterocycles. The number of hydrogen-bond acceptors (Lipinski definition) is 7. The van der Waals surface area contributed by atoms with Crippen LogP contribution in [0.15, 0.2) is 12.2 Å². The van der Waals surface area contributed by atoms with E-state index in [0.29, 0.717) is 18.4 Å². The summed E-state index contributed by atoms with van der Waals surface area (Å²) >= 11 is 0. The van der Waals surface area contributed by atoms with E-state index in [9.17, 15) is 9.59 Å². The molecule has 4 rings (SSSR count). The Hall–Kier alpha value is -1.44. The Kier molecular flexibility index (Phi) is 5.27. The molecule has 28 heavy (non-hydrogen) atoms. The van der Waals surface area contributed by atoms with Crippen LogP contribution >= 0.6 is 0 Å². The fourth-order valence-electron chi connectivity index (χ4n) is 5.56. The number of fused-ring (bicyclic) bond motifs is 9. The smallest absolute Gasteiger partial charge is 0.314 e. The van der Waals surface area contributed by atoms with Gasteiger partial charge in [-0.15, -0.1) is 0 Å². The van der Waals surface area contributed by atoms with Crippen molar-refractivity contribution in [1.82, 2.24) is 0 Å². The first kappa shape index (κ1) is 19.9. The van der Waals surface area contributed by atoms with Gasteiger partial charge < -0.3 is 23.7 Å². The molecule has 0 spiro atoms. The van der Waals surface area contributed by atoms with Crippen LogP contribution in [0.1, 0.15) is 27.2 Å². The lowest BCUT2D eigenvalue weighted by Crippen LogP contribution is -2.48. The second-order valence-corrected chi connectivity index (χ2v) is 9.58. The molecule has 0 N–H and O–H groups in total. The van der Waals surface area contributed by atoms with Crippen LogP contribution in [0.25, 0.3) is 0 Å². The lowest BCUT2D eigenvalue weighted by atomic mass is 9.65. The van der Waals surface area contributed by atoms with E-state index in [4.69, 9.17) is 23.7 Å². The first-order valence-electron chi connectivity index (χ1n) is 10.1. The van der Waals surface area contributed by atoms with Gasteiger partial charge in [-0.05, 0) is 35.5 Å². The molecule has 2 aliphatic heterocycles. The number of methoxy groups -OCH3 is 1. The predicted molar refractivity (Wildman–Crippen MR) is 97.7 cm³/mol. The molecule has 0 radical (unpaired) electrons. The van der Waals surface area contributed by atoms with Crippen LogP contribution in [0.3, 0.4) is 0 Å². The maximum Gasteiger partial charge on any atom is 0.314 e. The van der Waals surface area contributed by atoms with Gasteiger partial charge in [-0.3, -0.25) is 9.59 Å². The summed E-state index contributed by atoms with van der Waals surface area (Å²) in [5, 5.41) is 0. The average Bonchev–Trinajstić information content (AvgIpc) is 3.39. The lowest BCUT2D eigenvalue weighted by Gasteiger charge is -2.36. The Morgan fingerprint density at radius 1 is 0.964 bits per heavy atom. The monoisotopic (exact) mass is 394 g/mol. The number of hydrogen-bond donors (Lipinski definition) is 0. The maximum atomic E-state index is 12.9. The highest BCUT2D eigenvalue weighted by Crippen LogP contribution is 2.63. The second kappa shape index (κ2) is 7.43. The van der Waals surface area contributed by atoms with Crippen LogP contribution in [0, 0.1) is 40.9 Å². The van der Waals surface area contributed by atoms with E-state index < -0.39 is 23.8 Å². The fourth-order valence-corrected chi connectivity index (χ4v) is 5.56. The molecule has 0 aromatic heterocycles. The zero-order valence-electron chi connectivity index (χ0n) is 17.0. The third-order valence-electron chi connectivity index (χ3n) is 6.43. The molecule has 1 saturated carbocycles. The summed E-state index contributed by atoms with van der Waals surface area (Å²) in [6, 6.07) is 0. The van der Waals surface area contributed by atoms with Gasteiger partial charge in [0.1, 0.15) is 0 Å². The van der Waals surface area contributed by atoms with Gasteiger partial charge in [0.05, 0.1) is 30.7 Å². The topological polar surface area (TPSA) is 80.3 Å². The van der Waals surface area contributed by atoms with E-state index in [-0.39, 0.29) is 43.0 Å². The van der Waals surface area contributed by atoms with Crippen molar-refractivity contribution in [2.24, 2.45) is 40.9 Å². The second-order valence-electron chi connectivity index (χ2n) is 9.58. The van der Waals surface area contributed by atoms with Crippen molar-refractivity contribution in [1.29, 1.82) is 0 Å². The highest BCUT2D eigenvalue weighted by atomic mass is 16.7. The molecular weight excluding hydrogens is 364 g/mol. The third-order valence-corrected chi connectivity index (χ3v) is 6.43. The van der Waals surface area contributed by atoms with Crippen LogP contribution in [0.5, 0.6) is 0 Å². The summed E-state index contributed by atoms with van der Waals surface area (Å²) < 4.78 is 27.1. The number of carbonyl (C=O) groups is 2. The molecule has 8 atom stereocenters. The normalized spacial score (nSPS) is 40.0. The Morgan fingerprint density at radius 2 is 1.50 bits per heavy atom. The summed E-state index contributed by atoms with van der Waals surface area (Å²) in [5.74, 6) is -0.780. The number of ether oxygens (including phenoxy) is 5. The molecule has 7 nitrogen and oxygen atoms in total. The molecule has 2 saturated heterocycles. The minimum atomic E-state index is -0.651. The van der Waals surface area contributed by atoms with Gasteiger partial charge in [0.15, 0.2) is 13.6 Å². The first-order chi connectivity index (χ1) is 13.3. The van der Waals surface area contributed by atoms with Crippen molar-refractivity contribution < 1.29 is 33.3 Å². The minimum Gasteiger partial charge on any atom is -0.438 e. The van der Waals surface area contributed by atoms with Crippen molar-refractivity contribution in [3.05, 3.63) is 12.2 Å². The quantitative estimate of drug-likeness (QED) is 0.283. The summed E-state index contributed by atoms with van der Waals surface area (Å²) in [6.07, 6.45) is 4.96. The zero-order chi connectivity index (χ0) is 20.1. The Bertz CT molecular complexity index is 652. The van der Waals surface area contributed by atoms with Gasteiger partial charge in [-0.1, -0.05) is 32.9 Å². The van der Waals surface area contributed by atoms with Crippen molar-refractivity contribution in [3.63, 3.8) is 0 Å². The van der Waals surface area contributed by atoms with Gasteiger partial charge in [0, 0.05) is 7.11 Å². The van der Waals surface area contributed by atoms with E-state index in [1.165, 1.54) is 7.11 Å². The molecule has 2 aliphatic carbocycles. The molecule has 156 valence electrons. The Balaban J connectivity index is 1.46. The minimum absolute atomic E-state index is 0.0168. The molecule has 0 aromatic carbocycles. The SMILES string of the molecule is COCOC(=O)C1C2OC(C1C(=O)OCOCC(C)(C)C)C1C3C=CC(C3)C21. The van der Waals surface area contributed by atoms with Gasteiger partial charge in [0.2, 0.25) is 0 Å². The van der Waals surface area contributed by atoms with Crippen molar-refractivity contribution in [2.45, 2.75) is 39.4 Å². The zero-order valence-corrected chi connectivity index (χ0v) is 17.0. The molecule has 0 aromatic rings. The molecule has 3 fully saturated rings. The van der Waals surface area contributed by atoms with Crippen LogP contribution in [0.4, 0.5) is 0 Å². The van der Waals surface area contributed by atoms with Gasteiger partial charge in [0.25, 0.3) is 0 Å². The van der Waals surface area contributed by atoms with Crippen molar-refractivity contribution >= 4 is 11.9 Å². The molecule has 8 unspecified atom stereocenters. The first-order valence-corrected chi connectivity index (χ1v) is 10.1. The summed E-state index contributed by atoms with van der Waals surface area (Å²) in [7, 11) is 1.46. The van der Waals surface area contributed by atoms with E-state index in [2.05, 4.69) is 12.2 Å². The summed E-state index contributed by atoms with van der Waals surface area (Å²) in [4.78, 5) is 25.6. The number of allylic oxidation sites excluding steroid dienone is 2. The number of rotatable bonds is 7. The highest BCUT2D eigenvalue weighted by molar-refractivity contribution is 5.84. The Morgan fingerprint density at radius 3 is 2.00 bits per heavy atom. The predicted octanol–water partition coefficient (Wildman–Crippen LogP) is 2.15. The maximum absolute atomic E-state index is 12.9. The molecule has 7 heteroatoms. The van der Waals surface area contributed by atoms with Crippen molar-refractivity contribution in [2.75, 3.05) is 27.3 Å². The van der Waals surface area contributed by atoms with Crippen LogP contribution < -0.4 is 0 Å². The molecule has 4 aliphatic rings. The van der Waals surface area contributed by atoms with Gasteiger partial charge >= 0.3 is 11.9 Å². The van der Waals surface area contributed by atoms with Crippen LogP contribution in [0.2, 0.25) is 0 Å². The Labute approximate surface area is 165 Å². The highest BCUT2D eigenvalue weighted by Gasteiger charge is 2.70. The standard InChI is InChI=1S/C21H30O7/c1-21(2,3)8-25-10-27-20(23)16-15(19(22)26-9-24-4)17-13-11-5-6-12(7-11)14(13)18(16)28-17/h5-6,11-18H,7-10H2,1-4H3. The van der Waals surface area contributed by atoms with Gasteiger partial charge in [-0.25, -0.2) is 0 Å². The number of esters is 2. The molecular formula is C21H30O7. The molecule has 4 bridgehead atoms. The van der Waals surface area contributed by atoms with E-state index in [1.54, 1.807) is 0 Å². The largest absolute Gasteiger partial charge is 0.438 e. The van der Waals surface area contributed by atoms with Crippen LogP contribution in [-0.4, -0.2) is 51.4 Å². The summed E-state index contributed by atoms with van der Waals surface area (Å²) in [6.45, 7) is 6.36. The lowest BCUT2D eigenvalue weighted by molar-refractivity contribution is -0.176. The fraction of sp³-hybridized carbons (Fsp3) is 0.810. The van der Waals surface area contributed by atoms with Crippen LogP contribution in [-0.2, 0) is 33.3 Å². The third kappa shape index (κ3) is 3.37. The summed E-state index contributed by atoms with van der Waals surface area (Å²) in [5.41, 5.74) is -0.0168. The van der Waals surface area contributed by atoms with Crippen molar-refractivity contribution in [3.8, 4) is 0 Å².